The average molecular weight is 467 g/mol. The zero-order valence-electron chi connectivity index (χ0n) is 17.5. The van der Waals surface area contributed by atoms with Gasteiger partial charge in [0.05, 0.1) is 15.5 Å². The molecule has 31 heavy (non-hydrogen) atoms. The molecule has 10 heteroatoms. The molecule has 7 nitrogen and oxygen atoms in total. The number of anilines is 1. The predicted octanol–water partition coefficient (Wildman–Crippen LogP) is 3.95. The zero-order valence-corrected chi connectivity index (χ0v) is 19.1. The summed E-state index contributed by atoms with van der Waals surface area (Å²) in [4.78, 5) is 12.7. The van der Waals surface area contributed by atoms with E-state index in [9.17, 15) is 22.9 Å². The number of carbonyl (C=O) groups is 1. The van der Waals surface area contributed by atoms with E-state index in [1.54, 1.807) is 12.3 Å². The number of carbonyl (C=O) groups excluding carboxylic acids is 1. The lowest BCUT2D eigenvalue weighted by molar-refractivity contribution is -0.121. The van der Waals surface area contributed by atoms with Gasteiger partial charge in [-0.25, -0.2) is 12.8 Å². The minimum atomic E-state index is -3.83. The Balaban J connectivity index is 1.69. The molecule has 0 spiro atoms. The van der Waals surface area contributed by atoms with Crippen molar-refractivity contribution >= 4 is 33.3 Å². The van der Waals surface area contributed by atoms with Crippen LogP contribution in [0.2, 0.25) is 5.02 Å². The van der Waals surface area contributed by atoms with Crippen LogP contribution in [0, 0.1) is 23.1 Å². The summed E-state index contributed by atoms with van der Waals surface area (Å²) in [7, 11) is -3.83. The van der Waals surface area contributed by atoms with Crippen LogP contribution in [0.25, 0.3) is 0 Å². The standard InChI is InChI=1S/C21H24ClFN4O3S/c1-21(2,3)27-13-14(12-24)10-19(27)25-20(28)15-6-8-26(9-7-15)31(29,30)16-4-5-18(23)17(22)11-16/h4-5,10-11,13,15H,6-9H2,1-3H3,(H,25,28). The van der Waals surface area contributed by atoms with Crippen LogP contribution >= 0.6 is 11.6 Å². The topological polar surface area (TPSA) is 95.2 Å². The maximum atomic E-state index is 13.4. The van der Waals surface area contributed by atoms with Crippen LogP contribution in [-0.4, -0.2) is 36.3 Å². The summed E-state index contributed by atoms with van der Waals surface area (Å²) < 4.78 is 42.1. The van der Waals surface area contributed by atoms with Crippen molar-refractivity contribution in [2.45, 2.75) is 44.0 Å². The van der Waals surface area contributed by atoms with Crippen LogP contribution in [-0.2, 0) is 20.4 Å². The minimum Gasteiger partial charge on any atom is -0.328 e. The molecule has 2 heterocycles. The first-order valence-electron chi connectivity index (χ1n) is 9.82. The molecule has 1 amide bonds. The summed E-state index contributed by atoms with van der Waals surface area (Å²) in [6.45, 7) is 6.23. The molecule has 0 radical (unpaired) electrons. The Kier molecular flexibility index (Phi) is 6.46. The lowest BCUT2D eigenvalue weighted by Crippen LogP contribution is -2.41. The van der Waals surface area contributed by atoms with E-state index in [1.807, 2.05) is 25.3 Å². The van der Waals surface area contributed by atoms with Crippen LogP contribution in [0.3, 0.4) is 0 Å². The number of amides is 1. The molecule has 1 aromatic heterocycles. The number of sulfonamides is 1. The Morgan fingerprint density at radius 3 is 2.45 bits per heavy atom. The van der Waals surface area contributed by atoms with E-state index in [-0.39, 0.29) is 40.4 Å². The van der Waals surface area contributed by atoms with E-state index in [4.69, 9.17) is 11.6 Å². The van der Waals surface area contributed by atoms with Crippen LogP contribution in [0.4, 0.5) is 10.2 Å². The van der Waals surface area contributed by atoms with Crippen molar-refractivity contribution in [2.24, 2.45) is 5.92 Å². The Morgan fingerprint density at radius 2 is 1.90 bits per heavy atom. The number of hydrogen-bond acceptors (Lipinski definition) is 4. The maximum absolute atomic E-state index is 13.4. The van der Waals surface area contributed by atoms with E-state index in [0.717, 1.165) is 12.1 Å². The highest BCUT2D eigenvalue weighted by Gasteiger charge is 2.33. The third-order valence-electron chi connectivity index (χ3n) is 5.28. The van der Waals surface area contributed by atoms with Crippen molar-refractivity contribution < 1.29 is 17.6 Å². The minimum absolute atomic E-state index is 0.0751. The van der Waals surface area contributed by atoms with E-state index >= 15 is 0 Å². The van der Waals surface area contributed by atoms with Gasteiger partial charge in [0.2, 0.25) is 15.9 Å². The molecular weight excluding hydrogens is 443 g/mol. The number of piperidine rings is 1. The van der Waals surface area contributed by atoms with E-state index < -0.39 is 15.8 Å². The molecule has 0 bridgehead atoms. The van der Waals surface area contributed by atoms with Crippen molar-refractivity contribution in [1.82, 2.24) is 8.87 Å². The third-order valence-corrected chi connectivity index (χ3v) is 7.46. The average Bonchev–Trinajstić information content (AvgIpc) is 3.13. The lowest BCUT2D eigenvalue weighted by atomic mass is 9.97. The Bertz CT molecular complexity index is 1140. The van der Waals surface area contributed by atoms with Gasteiger partial charge in [-0.15, -0.1) is 0 Å². The Labute approximate surface area is 186 Å². The largest absolute Gasteiger partial charge is 0.328 e. The van der Waals surface area contributed by atoms with Gasteiger partial charge >= 0.3 is 0 Å². The van der Waals surface area contributed by atoms with Gasteiger partial charge in [-0.1, -0.05) is 11.6 Å². The van der Waals surface area contributed by atoms with Gasteiger partial charge in [-0.2, -0.15) is 9.57 Å². The van der Waals surface area contributed by atoms with E-state index in [2.05, 4.69) is 11.4 Å². The fourth-order valence-electron chi connectivity index (χ4n) is 3.55. The van der Waals surface area contributed by atoms with Crippen molar-refractivity contribution in [1.29, 1.82) is 5.26 Å². The number of benzene rings is 1. The fourth-order valence-corrected chi connectivity index (χ4v) is 5.29. The van der Waals surface area contributed by atoms with Gasteiger partial charge in [0.25, 0.3) is 0 Å². The first kappa shape index (κ1) is 23.3. The highest BCUT2D eigenvalue weighted by atomic mass is 35.5. The first-order valence-corrected chi connectivity index (χ1v) is 11.6. The second-order valence-electron chi connectivity index (χ2n) is 8.51. The number of aromatic nitrogens is 1. The van der Waals surface area contributed by atoms with E-state index in [1.165, 1.54) is 10.4 Å². The molecule has 0 unspecified atom stereocenters. The molecule has 1 aromatic carbocycles. The van der Waals surface area contributed by atoms with Crippen molar-refractivity contribution in [3.05, 3.63) is 46.9 Å². The monoisotopic (exact) mass is 466 g/mol. The highest BCUT2D eigenvalue weighted by Crippen LogP contribution is 2.28. The first-order chi connectivity index (χ1) is 14.4. The second kappa shape index (κ2) is 8.61. The summed E-state index contributed by atoms with van der Waals surface area (Å²) in [6, 6.07) is 7.01. The summed E-state index contributed by atoms with van der Waals surface area (Å²) in [6.07, 6.45) is 2.39. The summed E-state index contributed by atoms with van der Waals surface area (Å²) in [5.74, 6) is -0.729. The van der Waals surface area contributed by atoms with Crippen molar-refractivity contribution in [2.75, 3.05) is 18.4 Å². The quantitative estimate of drug-likeness (QED) is 0.738. The lowest BCUT2D eigenvalue weighted by Gasteiger charge is -2.31. The Hall–Kier alpha value is -2.41. The Morgan fingerprint density at radius 1 is 1.26 bits per heavy atom. The molecule has 2 aromatic rings. The maximum Gasteiger partial charge on any atom is 0.243 e. The molecule has 3 rings (SSSR count). The molecule has 1 aliphatic heterocycles. The molecule has 1 aliphatic rings. The van der Waals surface area contributed by atoms with Crippen molar-refractivity contribution in [3.8, 4) is 6.07 Å². The number of nitriles is 1. The molecule has 1 fully saturated rings. The zero-order chi connectivity index (χ0) is 23.0. The van der Waals surface area contributed by atoms with Gasteiger partial charge in [-0.3, -0.25) is 4.79 Å². The van der Waals surface area contributed by atoms with E-state index in [0.29, 0.717) is 24.2 Å². The molecule has 0 aliphatic carbocycles. The van der Waals surface area contributed by atoms with Gasteiger partial charge in [-0.05, 0) is 57.9 Å². The molecule has 1 saturated heterocycles. The summed E-state index contributed by atoms with van der Waals surface area (Å²) >= 11 is 5.72. The summed E-state index contributed by atoms with van der Waals surface area (Å²) in [5, 5.41) is 11.8. The van der Waals surface area contributed by atoms with Crippen LogP contribution in [0.1, 0.15) is 39.2 Å². The molecule has 0 atom stereocenters. The number of nitrogens with zero attached hydrogens (tertiary/aromatic N) is 3. The van der Waals surface area contributed by atoms with Crippen LogP contribution in [0.5, 0.6) is 0 Å². The second-order valence-corrected chi connectivity index (χ2v) is 10.9. The van der Waals surface area contributed by atoms with Gasteiger partial charge < -0.3 is 9.88 Å². The summed E-state index contributed by atoms with van der Waals surface area (Å²) in [5.41, 5.74) is 0.120. The third kappa shape index (κ3) is 4.92. The number of hydrogen-bond donors (Lipinski definition) is 1. The molecule has 0 saturated carbocycles. The predicted molar refractivity (Wildman–Crippen MR) is 116 cm³/mol. The van der Waals surface area contributed by atoms with Gasteiger partial charge in [0, 0.05) is 30.7 Å². The van der Waals surface area contributed by atoms with Gasteiger partial charge in [0.15, 0.2) is 0 Å². The highest BCUT2D eigenvalue weighted by molar-refractivity contribution is 7.89. The normalized spacial score (nSPS) is 16.1. The number of halogens is 2. The smallest absolute Gasteiger partial charge is 0.243 e. The molecular formula is C21H24ClFN4O3S. The van der Waals surface area contributed by atoms with Crippen molar-refractivity contribution in [3.63, 3.8) is 0 Å². The fraction of sp³-hybridized carbons (Fsp3) is 0.429. The number of rotatable bonds is 4. The van der Waals surface area contributed by atoms with Crippen LogP contribution < -0.4 is 5.32 Å². The molecule has 166 valence electrons. The van der Waals surface area contributed by atoms with Gasteiger partial charge in [0.1, 0.15) is 17.7 Å². The molecule has 1 N–H and O–H groups in total. The number of nitrogens with one attached hydrogen (secondary N) is 1. The van der Waals surface area contributed by atoms with Crippen LogP contribution in [0.15, 0.2) is 35.4 Å². The SMILES string of the molecule is CC(C)(C)n1cc(C#N)cc1NC(=O)C1CCN(S(=O)(=O)c2ccc(F)c(Cl)c2)CC1.